The minimum Gasteiger partial charge on any atom is -0.497 e. The fraction of sp³-hybridized carbons (Fsp3) is 0.417. The average molecular weight is 528 g/mol. The number of methoxy groups -OCH3 is 1. The third-order valence-electron chi connectivity index (χ3n) is 5.32. The summed E-state index contributed by atoms with van der Waals surface area (Å²) in [4.78, 5) is 27.8. The Hall–Kier alpha value is -2.85. The summed E-state index contributed by atoms with van der Waals surface area (Å²) in [7, 11) is -2.40. The molecule has 0 radical (unpaired) electrons. The lowest BCUT2D eigenvalue weighted by atomic mass is 10.1. The van der Waals surface area contributed by atoms with Gasteiger partial charge >= 0.3 is 0 Å². The molecule has 0 saturated carbocycles. The van der Waals surface area contributed by atoms with E-state index in [0.717, 1.165) is 34.7 Å². The number of ether oxygens (including phenoxy) is 1. The lowest BCUT2D eigenvalue weighted by Gasteiger charge is -2.33. The number of carbonyl (C=O) groups excluding carboxylic acids is 2. The van der Waals surface area contributed by atoms with Crippen molar-refractivity contribution in [1.82, 2.24) is 10.2 Å². The maximum Gasteiger partial charge on any atom is 0.244 e. The molecule has 0 aliphatic heterocycles. The zero-order valence-corrected chi connectivity index (χ0v) is 21.8. The monoisotopic (exact) mass is 527 g/mol. The highest BCUT2D eigenvalue weighted by molar-refractivity contribution is 7.92. The highest BCUT2D eigenvalue weighted by Crippen LogP contribution is 2.25. The first-order valence-electron chi connectivity index (χ1n) is 11.1. The Balaban J connectivity index is 2.43. The van der Waals surface area contributed by atoms with Crippen LogP contribution >= 0.6 is 11.6 Å². The van der Waals surface area contributed by atoms with Gasteiger partial charge in [-0.1, -0.05) is 37.6 Å². The highest BCUT2D eigenvalue weighted by Gasteiger charge is 2.31. The Kier molecular flexibility index (Phi) is 10.3. The topological polar surface area (TPSA) is 96.0 Å². The molecule has 2 rings (SSSR count). The zero-order chi connectivity index (χ0) is 26.2. The summed E-state index contributed by atoms with van der Waals surface area (Å²) in [6.07, 6.45) is 1.98. The van der Waals surface area contributed by atoms with E-state index >= 15 is 0 Å². The van der Waals surface area contributed by atoms with Gasteiger partial charge in [0.15, 0.2) is 0 Å². The van der Waals surface area contributed by atoms with Gasteiger partial charge in [-0.15, -0.1) is 0 Å². The van der Waals surface area contributed by atoms with Crippen LogP contribution in [0, 0.1) is 5.82 Å². The smallest absolute Gasteiger partial charge is 0.244 e. The summed E-state index contributed by atoms with van der Waals surface area (Å²) in [5.74, 6) is -0.997. The van der Waals surface area contributed by atoms with Crippen LogP contribution in [0.25, 0.3) is 0 Å². The van der Waals surface area contributed by atoms with E-state index < -0.39 is 34.3 Å². The zero-order valence-electron chi connectivity index (χ0n) is 20.3. The second-order valence-corrected chi connectivity index (χ2v) is 10.3. The summed E-state index contributed by atoms with van der Waals surface area (Å²) < 4.78 is 44.8. The van der Waals surface area contributed by atoms with E-state index in [1.807, 2.05) is 6.92 Å². The maximum absolute atomic E-state index is 13.7. The van der Waals surface area contributed by atoms with Crippen LogP contribution in [-0.2, 0) is 26.2 Å². The maximum atomic E-state index is 13.7. The van der Waals surface area contributed by atoms with Crippen molar-refractivity contribution >= 4 is 39.1 Å². The second kappa shape index (κ2) is 12.7. The number of hydrogen-bond acceptors (Lipinski definition) is 5. The molecule has 35 heavy (non-hydrogen) atoms. The summed E-state index contributed by atoms with van der Waals surface area (Å²) >= 11 is 5.85. The van der Waals surface area contributed by atoms with Crippen LogP contribution in [0.3, 0.4) is 0 Å². The molecule has 0 spiro atoms. The van der Waals surface area contributed by atoms with Crippen LogP contribution in [0.15, 0.2) is 42.5 Å². The molecule has 1 N–H and O–H groups in total. The van der Waals surface area contributed by atoms with E-state index in [0.29, 0.717) is 18.7 Å². The molecule has 1 atom stereocenters. The second-order valence-electron chi connectivity index (χ2n) is 7.95. The molecule has 0 bridgehead atoms. The summed E-state index contributed by atoms with van der Waals surface area (Å²) in [5.41, 5.74) is 0.775. The van der Waals surface area contributed by atoms with Crippen molar-refractivity contribution in [2.75, 3.05) is 30.8 Å². The van der Waals surface area contributed by atoms with E-state index in [1.54, 1.807) is 31.2 Å². The van der Waals surface area contributed by atoms with Crippen molar-refractivity contribution < 1.29 is 27.1 Å². The van der Waals surface area contributed by atoms with Crippen LogP contribution in [0.1, 0.15) is 32.3 Å². The summed E-state index contributed by atoms with van der Waals surface area (Å²) in [6, 6.07) is 9.59. The van der Waals surface area contributed by atoms with E-state index in [-0.39, 0.29) is 23.2 Å². The van der Waals surface area contributed by atoms with Crippen LogP contribution < -0.4 is 14.4 Å². The first-order valence-corrected chi connectivity index (χ1v) is 13.4. The lowest BCUT2D eigenvalue weighted by molar-refractivity contribution is -0.140. The predicted molar refractivity (Wildman–Crippen MR) is 135 cm³/mol. The van der Waals surface area contributed by atoms with Crippen molar-refractivity contribution in [3.63, 3.8) is 0 Å². The van der Waals surface area contributed by atoms with Crippen LogP contribution in [-0.4, -0.2) is 57.6 Å². The van der Waals surface area contributed by atoms with Gasteiger partial charge in [0.1, 0.15) is 24.2 Å². The number of carbonyl (C=O) groups is 2. The Labute approximate surface area is 211 Å². The molecule has 8 nitrogen and oxygen atoms in total. The van der Waals surface area contributed by atoms with E-state index in [9.17, 15) is 22.4 Å². The molecule has 0 aliphatic carbocycles. The number of rotatable bonds is 12. The average Bonchev–Trinajstić information content (AvgIpc) is 2.82. The molecule has 11 heteroatoms. The molecule has 0 fully saturated rings. The summed E-state index contributed by atoms with van der Waals surface area (Å²) in [6.45, 7) is 3.62. The van der Waals surface area contributed by atoms with Gasteiger partial charge in [-0.3, -0.25) is 13.9 Å². The van der Waals surface area contributed by atoms with Gasteiger partial charge < -0.3 is 15.0 Å². The van der Waals surface area contributed by atoms with Gasteiger partial charge in [-0.25, -0.2) is 12.8 Å². The molecule has 2 aromatic carbocycles. The third kappa shape index (κ3) is 7.83. The van der Waals surface area contributed by atoms with Crippen molar-refractivity contribution in [3.8, 4) is 5.75 Å². The standard InChI is InChI=1S/C24H31ClFN3O5S/c1-5-13-27-24(31)22(6-2)28(15-17-7-10-19(34-3)11-8-17)23(30)16-29(35(4,32)33)18-9-12-21(26)20(25)14-18/h7-12,14,22H,5-6,13,15-16H2,1-4H3,(H,27,31). The van der Waals surface area contributed by atoms with E-state index in [2.05, 4.69) is 5.32 Å². The number of anilines is 1. The Morgan fingerprint density at radius 2 is 1.80 bits per heavy atom. The largest absolute Gasteiger partial charge is 0.497 e. The van der Waals surface area contributed by atoms with Crippen molar-refractivity contribution in [2.24, 2.45) is 0 Å². The molecule has 2 aromatic rings. The van der Waals surface area contributed by atoms with Gasteiger partial charge in [-0.2, -0.15) is 0 Å². The number of nitrogens with one attached hydrogen (secondary N) is 1. The minimum atomic E-state index is -3.94. The molecule has 2 amide bonds. The lowest BCUT2D eigenvalue weighted by Crippen LogP contribution is -2.52. The van der Waals surface area contributed by atoms with Gasteiger partial charge in [0.25, 0.3) is 0 Å². The Morgan fingerprint density at radius 1 is 1.14 bits per heavy atom. The van der Waals surface area contributed by atoms with Crippen molar-refractivity contribution in [3.05, 3.63) is 58.9 Å². The van der Waals surface area contributed by atoms with E-state index in [1.165, 1.54) is 18.1 Å². The first kappa shape index (κ1) is 28.4. The normalized spacial score (nSPS) is 12.1. The molecule has 0 saturated heterocycles. The van der Waals surface area contributed by atoms with E-state index in [4.69, 9.17) is 16.3 Å². The molecule has 0 aromatic heterocycles. The fourth-order valence-corrected chi connectivity index (χ4v) is 4.48. The third-order valence-corrected chi connectivity index (χ3v) is 6.75. The first-order chi connectivity index (χ1) is 16.5. The van der Waals surface area contributed by atoms with Gasteiger partial charge in [0, 0.05) is 13.1 Å². The number of benzene rings is 2. The fourth-order valence-electron chi connectivity index (χ4n) is 3.47. The minimum absolute atomic E-state index is 0.0418. The molecule has 0 aliphatic rings. The van der Waals surface area contributed by atoms with Gasteiger partial charge in [0.05, 0.1) is 24.1 Å². The molecular formula is C24H31ClFN3O5S. The predicted octanol–water partition coefficient (Wildman–Crippen LogP) is 3.59. The molecular weight excluding hydrogens is 497 g/mol. The quantitative estimate of drug-likeness (QED) is 0.455. The van der Waals surface area contributed by atoms with Crippen LogP contribution in [0.4, 0.5) is 10.1 Å². The SMILES string of the molecule is CCCNC(=O)C(CC)N(Cc1ccc(OC)cc1)C(=O)CN(c1ccc(F)c(Cl)c1)S(C)(=O)=O. The number of halogens is 2. The Morgan fingerprint density at radius 3 is 2.31 bits per heavy atom. The van der Waals surface area contributed by atoms with Crippen molar-refractivity contribution in [2.45, 2.75) is 39.3 Å². The number of nitrogens with zero attached hydrogens (tertiary/aromatic N) is 2. The van der Waals surface area contributed by atoms with Gasteiger partial charge in [-0.05, 0) is 48.7 Å². The van der Waals surface area contributed by atoms with Crippen LogP contribution in [0.2, 0.25) is 5.02 Å². The summed E-state index contributed by atoms with van der Waals surface area (Å²) in [5, 5.41) is 2.53. The highest BCUT2D eigenvalue weighted by atomic mass is 35.5. The number of sulfonamides is 1. The Bertz CT molecular complexity index is 1130. The van der Waals surface area contributed by atoms with Gasteiger partial charge in [0.2, 0.25) is 21.8 Å². The number of hydrogen-bond donors (Lipinski definition) is 1. The molecule has 0 heterocycles. The van der Waals surface area contributed by atoms with Crippen LogP contribution in [0.5, 0.6) is 5.75 Å². The molecule has 192 valence electrons. The number of amides is 2. The van der Waals surface area contributed by atoms with Crippen molar-refractivity contribution in [1.29, 1.82) is 0 Å². The molecule has 1 unspecified atom stereocenters.